The Kier molecular flexibility index (Phi) is 6.67. The van der Waals surface area contributed by atoms with Gasteiger partial charge in [-0.2, -0.15) is 5.10 Å². The molecule has 168 valence electrons. The summed E-state index contributed by atoms with van der Waals surface area (Å²) >= 11 is 6.15. The number of carbonyl (C=O) groups excluding carboxylic acids is 1. The number of methoxy groups -OCH3 is 2. The summed E-state index contributed by atoms with van der Waals surface area (Å²) in [7, 11) is 3.29. The van der Waals surface area contributed by atoms with Gasteiger partial charge in [0.05, 0.1) is 14.2 Å². The quantitative estimate of drug-likeness (QED) is 0.567. The van der Waals surface area contributed by atoms with Crippen LogP contribution in [0.5, 0.6) is 11.5 Å². The van der Waals surface area contributed by atoms with Crippen molar-refractivity contribution >= 4 is 17.5 Å². The third kappa shape index (κ3) is 4.74. The number of amides is 1. The number of hydrogen-bond acceptors (Lipinski definition) is 5. The Morgan fingerprint density at radius 3 is 2.44 bits per heavy atom. The van der Waals surface area contributed by atoms with Gasteiger partial charge in [-0.15, -0.1) is 0 Å². The normalized spacial score (nSPS) is 14.4. The number of aryl methyl sites for hydroxylation is 1. The van der Waals surface area contributed by atoms with Crippen LogP contribution >= 0.6 is 11.6 Å². The van der Waals surface area contributed by atoms with E-state index in [-0.39, 0.29) is 5.91 Å². The van der Waals surface area contributed by atoms with E-state index in [1.54, 1.807) is 31.2 Å². The van der Waals surface area contributed by atoms with Gasteiger partial charge in [0.1, 0.15) is 17.2 Å². The summed E-state index contributed by atoms with van der Waals surface area (Å²) in [5, 5.41) is 5.22. The highest BCUT2D eigenvalue weighted by Gasteiger charge is 2.24. The average Bonchev–Trinajstić information content (AvgIpc) is 3.29. The zero-order chi connectivity index (χ0) is 22.7. The number of ether oxygens (including phenoxy) is 2. The van der Waals surface area contributed by atoms with Crippen molar-refractivity contribution in [3.8, 4) is 17.2 Å². The molecular weight excluding hydrogens is 428 g/mol. The number of piperazine rings is 1. The molecule has 0 aliphatic carbocycles. The molecule has 1 aliphatic heterocycles. The fraction of sp³-hybridized carbons (Fsp3) is 0.333. The van der Waals surface area contributed by atoms with Gasteiger partial charge < -0.3 is 14.4 Å². The monoisotopic (exact) mass is 454 g/mol. The van der Waals surface area contributed by atoms with E-state index >= 15 is 0 Å². The lowest BCUT2D eigenvalue weighted by Gasteiger charge is -2.34. The van der Waals surface area contributed by atoms with Gasteiger partial charge in [-0.3, -0.25) is 9.69 Å². The van der Waals surface area contributed by atoms with Crippen LogP contribution in [0.1, 0.15) is 21.6 Å². The van der Waals surface area contributed by atoms with E-state index in [1.807, 2.05) is 48.2 Å². The van der Waals surface area contributed by atoms with E-state index in [9.17, 15) is 4.79 Å². The topological polar surface area (TPSA) is 59.8 Å². The number of hydrogen-bond donors (Lipinski definition) is 0. The molecule has 0 atom stereocenters. The molecule has 1 fully saturated rings. The first-order valence-electron chi connectivity index (χ1n) is 10.5. The van der Waals surface area contributed by atoms with Crippen LogP contribution in [0, 0.1) is 6.92 Å². The summed E-state index contributed by atoms with van der Waals surface area (Å²) in [6, 6.07) is 13.3. The molecule has 0 spiro atoms. The lowest BCUT2D eigenvalue weighted by atomic mass is 10.1. The summed E-state index contributed by atoms with van der Waals surface area (Å²) < 4.78 is 12.6. The molecule has 0 saturated carbocycles. The minimum absolute atomic E-state index is 0.0599. The lowest BCUT2D eigenvalue weighted by Crippen LogP contribution is -2.48. The molecule has 3 aromatic rings. The van der Waals surface area contributed by atoms with Gasteiger partial charge >= 0.3 is 0 Å². The predicted octanol–water partition coefficient (Wildman–Crippen LogP) is 3.81. The maximum Gasteiger partial charge on any atom is 0.274 e. The van der Waals surface area contributed by atoms with Crippen molar-refractivity contribution < 1.29 is 14.3 Å². The first-order valence-corrected chi connectivity index (χ1v) is 10.9. The van der Waals surface area contributed by atoms with Crippen molar-refractivity contribution in [1.82, 2.24) is 19.6 Å². The molecule has 32 heavy (non-hydrogen) atoms. The van der Waals surface area contributed by atoms with Crippen molar-refractivity contribution in [3.63, 3.8) is 0 Å². The number of benzene rings is 2. The molecule has 0 radical (unpaired) electrons. The lowest BCUT2D eigenvalue weighted by molar-refractivity contribution is 0.0621. The van der Waals surface area contributed by atoms with Gasteiger partial charge in [0, 0.05) is 49.5 Å². The largest absolute Gasteiger partial charge is 0.496 e. The third-order valence-corrected chi connectivity index (χ3v) is 5.92. The maximum atomic E-state index is 13.0. The molecule has 7 nitrogen and oxygen atoms in total. The van der Waals surface area contributed by atoms with Gasteiger partial charge in [0.25, 0.3) is 5.91 Å². The molecule has 0 bridgehead atoms. The SMILES string of the molecule is COc1ccc(Cl)cc1CN1CCN(C(=O)c2ccn(-c3cc(C)ccc3OC)n2)CC1. The van der Waals surface area contributed by atoms with Gasteiger partial charge in [-0.25, -0.2) is 4.68 Å². The highest BCUT2D eigenvalue weighted by atomic mass is 35.5. The van der Waals surface area contributed by atoms with Crippen LogP contribution in [0.4, 0.5) is 0 Å². The zero-order valence-corrected chi connectivity index (χ0v) is 19.3. The Hall–Kier alpha value is -3.03. The number of nitrogens with zero attached hydrogens (tertiary/aromatic N) is 4. The van der Waals surface area contributed by atoms with Gasteiger partial charge in [-0.1, -0.05) is 17.7 Å². The third-order valence-electron chi connectivity index (χ3n) is 5.69. The molecule has 2 aromatic carbocycles. The fourth-order valence-electron chi connectivity index (χ4n) is 3.93. The Labute approximate surface area is 193 Å². The summed E-state index contributed by atoms with van der Waals surface area (Å²) in [6.45, 7) is 5.57. The van der Waals surface area contributed by atoms with Crippen LogP contribution in [0.3, 0.4) is 0 Å². The van der Waals surface area contributed by atoms with Crippen molar-refractivity contribution in [2.45, 2.75) is 13.5 Å². The second-order valence-electron chi connectivity index (χ2n) is 7.85. The summed E-state index contributed by atoms with van der Waals surface area (Å²) in [5.74, 6) is 1.48. The van der Waals surface area contributed by atoms with E-state index in [0.717, 1.165) is 42.2 Å². The van der Waals surface area contributed by atoms with Crippen LogP contribution in [-0.4, -0.2) is 65.9 Å². The van der Waals surface area contributed by atoms with Crippen LogP contribution in [0.25, 0.3) is 5.69 Å². The molecular formula is C24H27ClN4O3. The fourth-order valence-corrected chi connectivity index (χ4v) is 4.13. The van der Waals surface area contributed by atoms with Crippen molar-refractivity contribution in [1.29, 1.82) is 0 Å². The van der Waals surface area contributed by atoms with Gasteiger partial charge in [0.2, 0.25) is 0 Å². The minimum atomic E-state index is -0.0599. The molecule has 2 heterocycles. The van der Waals surface area contributed by atoms with E-state index in [2.05, 4.69) is 10.00 Å². The average molecular weight is 455 g/mol. The van der Waals surface area contributed by atoms with Gasteiger partial charge in [-0.05, 0) is 48.9 Å². The van der Waals surface area contributed by atoms with E-state index in [4.69, 9.17) is 21.1 Å². The van der Waals surface area contributed by atoms with E-state index in [1.165, 1.54) is 0 Å². The molecule has 1 aliphatic rings. The van der Waals surface area contributed by atoms with E-state index in [0.29, 0.717) is 29.6 Å². The molecule has 1 aromatic heterocycles. The van der Waals surface area contributed by atoms with Crippen LogP contribution in [-0.2, 0) is 6.54 Å². The summed E-state index contributed by atoms with van der Waals surface area (Å²) in [4.78, 5) is 17.2. The highest BCUT2D eigenvalue weighted by molar-refractivity contribution is 6.30. The standard InChI is InChI=1S/C24H27ClN4O3/c1-17-4-6-23(32-3)21(14-17)29-9-8-20(26-29)24(30)28-12-10-27(11-13-28)16-18-15-19(25)5-7-22(18)31-2/h4-9,14-15H,10-13,16H2,1-3H3. The molecule has 0 unspecified atom stereocenters. The van der Waals surface area contributed by atoms with Crippen molar-refractivity contribution in [3.05, 3.63) is 70.5 Å². The zero-order valence-electron chi connectivity index (χ0n) is 18.5. The molecule has 0 N–H and O–H groups in total. The predicted molar refractivity (Wildman–Crippen MR) is 124 cm³/mol. The van der Waals surface area contributed by atoms with E-state index < -0.39 is 0 Å². The Bertz CT molecular complexity index is 1110. The highest BCUT2D eigenvalue weighted by Crippen LogP contribution is 2.25. The van der Waals surface area contributed by atoms with Crippen LogP contribution in [0.15, 0.2) is 48.7 Å². The molecule has 4 rings (SSSR count). The maximum absolute atomic E-state index is 13.0. The molecule has 8 heteroatoms. The first kappa shape index (κ1) is 22.2. The summed E-state index contributed by atoms with van der Waals surface area (Å²) in [6.07, 6.45) is 1.80. The second-order valence-corrected chi connectivity index (χ2v) is 8.28. The summed E-state index contributed by atoms with van der Waals surface area (Å²) in [5.41, 5.74) is 3.38. The first-order chi connectivity index (χ1) is 15.5. The Balaban J connectivity index is 1.40. The molecule has 1 amide bonds. The second kappa shape index (κ2) is 9.63. The van der Waals surface area contributed by atoms with Crippen molar-refractivity contribution in [2.75, 3.05) is 40.4 Å². The smallest absolute Gasteiger partial charge is 0.274 e. The number of rotatable bonds is 6. The molecule has 1 saturated heterocycles. The number of carbonyl (C=O) groups is 1. The minimum Gasteiger partial charge on any atom is -0.496 e. The van der Waals surface area contributed by atoms with Crippen molar-refractivity contribution in [2.24, 2.45) is 0 Å². The Morgan fingerprint density at radius 1 is 1.00 bits per heavy atom. The van der Waals surface area contributed by atoms with Crippen LogP contribution < -0.4 is 9.47 Å². The Morgan fingerprint density at radius 2 is 1.72 bits per heavy atom. The van der Waals surface area contributed by atoms with Crippen LogP contribution in [0.2, 0.25) is 5.02 Å². The number of halogens is 1. The van der Waals surface area contributed by atoms with Gasteiger partial charge in [0.15, 0.2) is 5.69 Å². The number of aromatic nitrogens is 2.